The van der Waals surface area contributed by atoms with E-state index in [0.29, 0.717) is 36.0 Å². The molecular weight excluding hydrogens is 366 g/mol. The van der Waals surface area contributed by atoms with Crippen molar-refractivity contribution in [3.05, 3.63) is 77.1 Å². The molecule has 1 aliphatic rings. The van der Waals surface area contributed by atoms with Gasteiger partial charge in [0.15, 0.2) is 11.5 Å². The average Bonchev–Trinajstić information content (AvgIpc) is 3.16. The van der Waals surface area contributed by atoms with Crippen LogP contribution in [0.5, 0.6) is 11.5 Å². The summed E-state index contributed by atoms with van der Waals surface area (Å²) < 4.78 is 13.2. The summed E-state index contributed by atoms with van der Waals surface area (Å²) in [7, 11) is 0. The van der Waals surface area contributed by atoms with E-state index in [9.17, 15) is 4.79 Å². The molecule has 1 aliphatic heterocycles. The molecule has 7 heteroatoms. The Hall–Kier alpha value is -2.99. The highest BCUT2D eigenvalue weighted by Crippen LogP contribution is 2.30. The van der Waals surface area contributed by atoms with Crippen LogP contribution in [0.3, 0.4) is 0 Å². The molecular formula is C20H18ClN3O3. The molecule has 0 aliphatic carbocycles. The molecule has 4 rings (SSSR count). The third-order valence-electron chi connectivity index (χ3n) is 4.24. The lowest BCUT2D eigenvalue weighted by Gasteiger charge is -2.26. The van der Waals surface area contributed by atoms with E-state index in [-0.39, 0.29) is 12.0 Å². The molecule has 1 atom stereocenters. The maximum atomic E-state index is 12.4. The third kappa shape index (κ3) is 4.06. The second-order valence-electron chi connectivity index (χ2n) is 6.23. The van der Waals surface area contributed by atoms with Gasteiger partial charge in [0.05, 0.1) is 24.8 Å². The van der Waals surface area contributed by atoms with Crippen molar-refractivity contribution < 1.29 is 14.3 Å². The number of hydrogen-bond donors (Lipinski definition) is 1. The first kappa shape index (κ1) is 17.4. The topological polar surface area (TPSA) is 65.4 Å². The standard InChI is InChI=1S/C20H18ClN3O3/c21-17-6-2-1-5-14(17)11-24-12-15(9-23-24)20(25)22-10-16-13-26-18-7-3-4-8-19(18)27-16/h1-9,12,16H,10-11,13H2,(H,22,25)/t16-/m0/s1. The van der Waals surface area contributed by atoms with Gasteiger partial charge in [-0.3, -0.25) is 9.48 Å². The van der Waals surface area contributed by atoms with Crippen molar-refractivity contribution >= 4 is 17.5 Å². The van der Waals surface area contributed by atoms with Gasteiger partial charge in [0.2, 0.25) is 0 Å². The highest BCUT2D eigenvalue weighted by atomic mass is 35.5. The van der Waals surface area contributed by atoms with E-state index < -0.39 is 0 Å². The fourth-order valence-corrected chi connectivity index (χ4v) is 3.04. The minimum absolute atomic E-state index is 0.206. The summed E-state index contributed by atoms with van der Waals surface area (Å²) in [5, 5.41) is 7.78. The minimum atomic E-state index is -0.234. The van der Waals surface area contributed by atoms with Gasteiger partial charge >= 0.3 is 0 Å². The third-order valence-corrected chi connectivity index (χ3v) is 4.61. The summed E-state index contributed by atoms with van der Waals surface area (Å²) in [6.45, 7) is 1.25. The monoisotopic (exact) mass is 383 g/mol. The van der Waals surface area contributed by atoms with Crippen LogP contribution in [-0.2, 0) is 6.54 Å². The van der Waals surface area contributed by atoms with E-state index in [1.165, 1.54) is 0 Å². The van der Waals surface area contributed by atoms with Crippen LogP contribution in [0.2, 0.25) is 5.02 Å². The Labute approximate surface area is 161 Å². The predicted octanol–water partition coefficient (Wildman–Crippen LogP) is 3.15. The van der Waals surface area contributed by atoms with Crippen LogP contribution < -0.4 is 14.8 Å². The molecule has 0 bridgehead atoms. The average molecular weight is 384 g/mol. The van der Waals surface area contributed by atoms with Crippen LogP contribution in [0, 0.1) is 0 Å². The van der Waals surface area contributed by atoms with Crippen LogP contribution in [0.15, 0.2) is 60.9 Å². The number of halogens is 1. The van der Waals surface area contributed by atoms with Crippen LogP contribution in [0.1, 0.15) is 15.9 Å². The zero-order chi connectivity index (χ0) is 18.6. The molecule has 1 N–H and O–H groups in total. The number of ether oxygens (including phenoxy) is 2. The zero-order valence-corrected chi connectivity index (χ0v) is 15.2. The van der Waals surface area contributed by atoms with Crippen molar-refractivity contribution in [2.75, 3.05) is 13.2 Å². The number of para-hydroxylation sites is 2. The molecule has 3 aromatic rings. The summed E-state index contributed by atoms with van der Waals surface area (Å²) >= 11 is 6.17. The molecule has 0 radical (unpaired) electrons. The van der Waals surface area contributed by atoms with Gasteiger partial charge in [-0.2, -0.15) is 5.10 Å². The van der Waals surface area contributed by atoms with Crippen molar-refractivity contribution in [3.63, 3.8) is 0 Å². The lowest BCUT2D eigenvalue weighted by atomic mass is 10.2. The van der Waals surface area contributed by atoms with Crippen molar-refractivity contribution in [3.8, 4) is 11.5 Å². The number of amides is 1. The molecule has 6 nitrogen and oxygen atoms in total. The van der Waals surface area contributed by atoms with E-state index in [1.54, 1.807) is 17.1 Å². The van der Waals surface area contributed by atoms with E-state index in [4.69, 9.17) is 21.1 Å². The number of hydrogen-bond acceptors (Lipinski definition) is 4. The van der Waals surface area contributed by atoms with E-state index in [0.717, 1.165) is 11.3 Å². The minimum Gasteiger partial charge on any atom is -0.486 e. The lowest BCUT2D eigenvalue weighted by molar-refractivity contribution is 0.0789. The quantitative estimate of drug-likeness (QED) is 0.735. The summed E-state index contributed by atoms with van der Waals surface area (Å²) in [5.41, 5.74) is 1.43. The van der Waals surface area contributed by atoms with Crippen molar-refractivity contribution in [2.24, 2.45) is 0 Å². The summed E-state index contributed by atoms with van der Waals surface area (Å²) in [6.07, 6.45) is 3.01. The first-order valence-corrected chi connectivity index (χ1v) is 8.99. The highest BCUT2D eigenvalue weighted by molar-refractivity contribution is 6.31. The highest BCUT2D eigenvalue weighted by Gasteiger charge is 2.21. The first-order chi connectivity index (χ1) is 13.2. The molecule has 2 aromatic carbocycles. The molecule has 0 saturated heterocycles. The maximum Gasteiger partial charge on any atom is 0.254 e. The zero-order valence-electron chi connectivity index (χ0n) is 14.5. The van der Waals surface area contributed by atoms with Crippen molar-refractivity contribution in [2.45, 2.75) is 12.6 Å². The molecule has 27 heavy (non-hydrogen) atoms. The molecule has 0 unspecified atom stereocenters. The van der Waals surface area contributed by atoms with Gasteiger partial charge in [0.1, 0.15) is 12.7 Å². The van der Waals surface area contributed by atoms with E-state index in [1.807, 2.05) is 48.5 Å². The van der Waals surface area contributed by atoms with E-state index in [2.05, 4.69) is 10.4 Å². The molecule has 1 aromatic heterocycles. The smallest absolute Gasteiger partial charge is 0.254 e. The second kappa shape index (κ2) is 7.72. The number of benzene rings is 2. The number of nitrogens with one attached hydrogen (secondary N) is 1. The van der Waals surface area contributed by atoms with Gasteiger partial charge in [0, 0.05) is 11.2 Å². The largest absolute Gasteiger partial charge is 0.486 e. The van der Waals surface area contributed by atoms with Gasteiger partial charge in [-0.25, -0.2) is 0 Å². The normalized spacial score (nSPS) is 15.4. The number of rotatable bonds is 5. The number of carbonyl (C=O) groups excluding carboxylic acids is 1. The van der Waals surface area contributed by atoms with Gasteiger partial charge in [-0.15, -0.1) is 0 Å². The Kier molecular flexibility index (Phi) is 4.98. The van der Waals surface area contributed by atoms with Gasteiger partial charge in [-0.05, 0) is 23.8 Å². The molecule has 0 spiro atoms. The molecule has 2 heterocycles. The van der Waals surface area contributed by atoms with Crippen molar-refractivity contribution in [1.29, 1.82) is 0 Å². The van der Waals surface area contributed by atoms with Gasteiger partial charge in [0.25, 0.3) is 5.91 Å². The molecule has 0 saturated carbocycles. The van der Waals surface area contributed by atoms with Crippen molar-refractivity contribution in [1.82, 2.24) is 15.1 Å². The molecule has 138 valence electrons. The fourth-order valence-electron chi connectivity index (χ4n) is 2.84. The van der Waals surface area contributed by atoms with Gasteiger partial charge < -0.3 is 14.8 Å². The first-order valence-electron chi connectivity index (χ1n) is 8.61. The Balaban J connectivity index is 1.33. The molecule has 0 fully saturated rings. The number of fused-ring (bicyclic) bond motifs is 1. The number of carbonyl (C=O) groups is 1. The van der Waals surface area contributed by atoms with E-state index >= 15 is 0 Å². The SMILES string of the molecule is O=C(NC[C@H]1COc2ccccc2O1)c1cnn(Cc2ccccc2Cl)c1. The Morgan fingerprint density at radius 1 is 1.19 bits per heavy atom. The second-order valence-corrected chi connectivity index (χ2v) is 6.63. The Bertz CT molecular complexity index is 957. The Morgan fingerprint density at radius 3 is 2.81 bits per heavy atom. The number of aromatic nitrogens is 2. The van der Waals surface area contributed by atoms with Gasteiger partial charge in [-0.1, -0.05) is 41.9 Å². The van der Waals surface area contributed by atoms with Crippen LogP contribution in [-0.4, -0.2) is 34.9 Å². The molecule has 1 amide bonds. The maximum absolute atomic E-state index is 12.4. The van der Waals surface area contributed by atoms with Crippen LogP contribution in [0.25, 0.3) is 0 Å². The summed E-state index contributed by atoms with van der Waals surface area (Å²) in [4.78, 5) is 12.4. The fraction of sp³-hybridized carbons (Fsp3) is 0.200. The Morgan fingerprint density at radius 2 is 1.96 bits per heavy atom. The lowest BCUT2D eigenvalue weighted by Crippen LogP contribution is -2.40. The summed E-state index contributed by atoms with van der Waals surface area (Å²) in [5.74, 6) is 1.21. The van der Waals surface area contributed by atoms with Crippen LogP contribution in [0.4, 0.5) is 0 Å². The number of nitrogens with zero attached hydrogens (tertiary/aromatic N) is 2. The summed E-state index contributed by atoms with van der Waals surface area (Å²) in [6, 6.07) is 15.0. The predicted molar refractivity (Wildman–Crippen MR) is 101 cm³/mol. The van der Waals surface area contributed by atoms with Crippen LogP contribution >= 0.6 is 11.6 Å².